The van der Waals surface area contributed by atoms with Gasteiger partial charge in [0.25, 0.3) is 0 Å². The van der Waals surface area contributed by atoms with Gasteiger partial charge in [-0.05, 0) is 198 Å². The zero-order valence-electron chi connectivity index (χ0n) is 44.2. The Kier molecular flexibility index (Phi) is 16.1. The van der Waals surface area contributed by atoms with Crippen molar-refractivity contribution in [1.82, 2.24) is 0 Å². The van der Waals surface area contributed by atoms with Crippen LogP contribution in [0.2, 0.25) is 0 Å². The minimum atomic E-state index is 0.284. The topological polar surface area (TPSA) is 26.7 Å². The molecule has 3 aliphatic rings. The lowest BCUT2D eigenvalue weighted by atomic mass is 9.87. The molecule has 2 atom stereocenters. The van der Waals surface area contributed by atoms with Gasteiger partial charge in [0, 0.05) is 39.7 Å². The van der Waals surface area contributed by atoms with Gasteiger partial charge in [-0.15, -0.1) is 0 Å². The van der Waals surface area contributed by atoms with Crippen molar-refractivity contribution in [3.05, 3.63) is 301 Å². The number of allylic oxidation sites excluding steroid dienone is 17. The Bertz CT molecular complexity index is 3470. The van der Waals surface area contributed by atoms with E-state index in [9.17, 15) is 5.11 Å². The van der Waals surface area contributed by atoms with Crippen LogP contribution in [0, 0.1) is 18.8 Å². The van der Waals surface area contributed by atoms with E-state index in [0.717, 1.165) is 88.4 Å². The SMILES string of the molecule is C=C/C=C\C=C(/C)N(C1=CC=C(c2ccccc2)CC=C1)c1ccc(-c2cc(CC3CC=CC(N(c4ccccc4)c4ccc(C5=CCCC(C)C=C5)cc4)=CC3)cc(-c3cccc(-c4ccccc4O)c3C)c2)cc1. The van der Waals surface area contributed by atoms with Crippen molar-refractivity contribution in [2.45, 2.75) is 59.3 Å². The normalized spacial score (nSPS) is 16.7. The largest absolute Gasteiger partial charge is 0.507 e. The molecule has 376 valence electrons. The molecule has 0 aromatic heterocycles. The highest BCUT2D eigenvalue weighted by atomic mass is 16.3. The Balaban J connectivity index is 0.990. The van der Waals surface area contributed by atoms with Crippen LogP contribution in [0.4, 0.5) is 17.1 Å². The van der Waals surface area contributed by atoms with Crippen molar-refractivity contribution in [3.8, 4) is 39.1 Å². The number of hydrogen-bond donors (Lipinski definition) is 1. The second kappa shape index (κ2) is 24.1. The molecule has 0 bridgehead atoms. The summed E-state index contributed by atoms with van der Waals surface area (Å²) in [6, 6.07) is 60.8. The number of para-hydroxylation sites is 2. The van der Waals surface area contributed by atoms with Crippen molar-refractivity contribution in [3.63, 3.8) is 0 Å². The third-order valence-electron chi connectivity index (χ3n) is 15.0. The van der Waals surface area contributed by atoms with Crippen LogP contribution < -0.4 is 9.80 Å². The van der Waals surface area contributed by atoms with Crippen molar-refractivity contribution < 1.29 is 5.11 Å². The number of phenols is 1. The third kappa shape index (κ3) is 12.0. The first-order chi connectivity index (χ1) is 37.3. The third-order valence-corrected chi connectivity index (χ3v) is 15.0. The van der Waals surface area contributed by atoms with E-state index in [1.54, 1.807) is 6.07 Å². The zero-order valence-corrected chi connectivity index (χ0v) is 44.2. The Morgan fingerprint density at radius 3 is 2.08 bits per heavy atom. The van der Waals surface area contributed by atoms with Gasteiger partial charge in [0.15, 0.2) is 0 Å². The van der Waals surface area contributed by atoms with Crippen molar-refractivity contribution in [2.24, 2.45) is 11.8 Å². The van der Waals surface area contributed by atoms with E-state index in [-0.39, 0.29) is 5.75 Å². The van der Waals surface area contributed by atoms with E-state index in [1.807, 2.05) is 36.4 Å². The van der Waals surface area contributed by atoms with E-state index >= 15 is 0 Å². The summed E-state index contributed by atoms with van der Waals surface area (Å²) in [6.45, 7) is 10.5. The molecule has 76 heavy (non-hydrogen) atoms. The summed E-state index contributed by atoms with van der Waals surface area (Å²) in [5, 5.41) is 11.0. The molecule has 0 radical (unpaired) electrons. The summed E-state index contributed by atoms with van der Waals surface area (Å²) in [7, 11) is 0. The molecule has 0 fully saturated rings. The summed E-state index contributed by atoms with van der Waals surface area (Å²) < 4.78 is 0. The fourth-order valence-corrected chi connectivity index (χ4v) is 10.9. The van der Waals surface area contributed by atoms with Gasteiger partial charge >= 0.3 is 0 Å². The lowest BCUT2D eigenvalue weighted by Gasteiger charge is -2.27. The van der Waals surface area contributed by atoms with Crippen LogP contribution in [0.15, 0.2) is 279 Å². The molecular weight excluding hydrogens is 921 g/mol. The van der Waals surface area contributed by atoms with Crippen LogP contribution in [0.3, 0.4) is 0 Å². The predicted molar refractivity (Wildman–Crippen MR) is 325 cm³/mol. The molecule has 0 aliphatic heterocycles. The molecule has 2 unspecified atom stereocenters. The molecule has 0 amide bonds. The molecule has 10 rings (SSSR count). The maximum atomic E-state index is 11.0. The molecule has 0 heterocycles. The minimum Gasteiger partial charge on any atom is -0.507 e. The average molecular weight is 989 g/mol. The van der Waals surface area contributed by atoms with Gasteiger partial charge in [-0.25, -0.2) is 0 Å². The number of hydrogen-bond acceptors (Lipinski definition) is 3. The van der Waals surface area contributed by atoms with Crippen LogP contribution >= 0.6 is 0 Å². The molecule has 3 heteroatoms. The van der Waals surface area contributed by atoms with E-state index in [0.29, 0.717) is 11.8 Å². The number of rotatable bonds is 15. The lowest BCUT2D eigenvalue weighted by Crippen LogP contribution is -2.19. The second-order valence-electron chi connectivity index (χ2n) is 20.3. The fraction of sp³-hybridized carbons (Fsp3) is 0.151. The highest BCUT2D eigenvalue weighted by molar-refractivity contribution is 5.84. The molecule has 0 saturated heterocycles. The Morgan fingerprint density at radius 1 is 0.605 bits per heavy atom. The first-order valence-corrected chi connectivity index (χ1v) is 27.0. The van der Waals surface area contributed by atoms with Gasteiger partial charge < -0.3 is 14.9 Å². The van der Waals surface area contributed by atoms with Gasteiger partial charge in [-0.2, -0.15) is 0 Å². The second-order valence-corrected chi connectivity index (χ2v) is 20.3. The predicted octanol–water partition coefficient (Wildman–Crippen LogP) is 19.7. The first-order valence-electron chi connectivity index (χ1n) is 27.0. The Hall–Kier alpha value is -8.66. The van der Waals surface area contributed by atoms with E-state index in [2.05, 4.69) is 250 Å². The summed E-state index contributed by atoms with van der Waals surface area (Å²) in [5.41, 5.74) is 20.8. The fourth-order valence-electron chi connectivity index (χ4n) is 10.9. The van der Waals surface area contributed by atoms with Crippen LogP contribution in [-0.4, -0.2) is 5.11 Å². The molecule has 0 spiro atoms. The molecule has 3 aliphatic carbocycles. The Morgan fingerprint density at radius 2 is 1.29 bits per heavy atom. The highest BCUT2D eigenvalue weighted by Crippen LogP contribution is 2.40. The minimum absolute atomic E-state index is 0.284. The molecule has 0 saturated carbocycles. The van der Waals surface area contributed by atoms with Crippen LogP contribution in [0.5, 0.6) is 5.75 Å². The first kappa shape index (κ1) is 50.9. The Labute approximate surface area is 451 Å². The molecular formula is C73H68N2O. The van der Waals surface area contributed by atoms with Gasteiger partial charge in [0.05, 0.1) is 0 Å². The van der Waals surface area contributed by atoms with Gasteiger partial charge in [-0.3, -0.25) is 0 Å². The summed E-state index contributed by atoms with van der Waals surface area (Å²) in [5.74, 6) is 1.27. The smallest absolute Gasteiger partial charge is 0.123 e. The van der Waals surface area contributed by atoms with Crippen molar-refractivity contribution in [2.75, 3.05) is 9.80 Å². The molecule has 7 aromatic rings. The number of nitrogens with zero attached hydrogens (tertiary/aromatic N) is 2. The molecule has 3 nitrogen and oxygen atoms in total. The van der Waals surface area contributed by atoms with Crippen molar-refractivity contribution >= 4 is 28.2 Å². The van der Waals surface area contributed by atoms with Gasteiger partial charge in [0.1, 0.15) is 5.75 Å². The monoisotopic (exact) mass is 989 g/mol. The highest BCUT2D eigenvalue weighted by Gasteiger charge is 2.20. The quantitative estimate of drug-likeness (QED) is 0.104. The summed E-state index contributed by atoms with van der Waals surface area (Å²) in [4.78, 5) is 4.74. The van der Waals surface area contributed by atoms with E-state index < -0.39 is 0 Å². The molecule has 1 N–H and O–H groups in total. The summed E-state index contributed by atoms with van der Waals surface area (Å²) >= 11 is 0. The van der Waals surface area contributed by atoms with Gasteiger partial charge in [-0.1, -0.05) is 196 Å². The number of phenolic OH excluding ortho intramolecular Hbond substituents is 1. The number of aromatic hydroxyl groups is 1. The lowest BCUT2D eigenvalue weighted by molar-refractivity contribution is 0.477. The van der Waals surface area contributed by atoms with Crippen LogP contribution in [0.25, 0.3) is 44.5 Å². The van der Waals surface area contributed by atoms with E-state index in [1.165, 1.54) is 51.1 Å². The molecule has 7 aromatic carbocycles. The van der Waals surface area contributed by atoms with E-state index in [4.69, 9.17) is 0 Å². The number of benzene rings is 7. The standard InChI is InChI=1S/C73H68N2O/c1-5-6-9-21-54(3)74(66-30-18-26-60(38-44-66)58-23-10-7-11-24-58)68-45-41-62(42-46-68)63-50-57(51-64(52-63)70-32-19-33-71(55(70)4)72-31-14-15-34-73(72)76)49-56-22-17-29-67(43-36-56)75(65-27-12-8-13-28-65)69-47-39-61(40-48-69)59-25-16-20-53(2)35-37-59/h5-15,17-19,21,23-25,27-35,37-48,50-53,56,76H,1,16,20,22,26,36,49H2,2-4H3/b9-6-,54-21+. The maximum Gasteiger partial charge on any atom is 0.123 e. The van der Waals surface area contributed by atoms with Crippen LogP contribution in [0.1, 0.15) is 68.2 Å². The number of anilines is 3. The summed E-state index contributed by atoms with van der Waals surface area (Å²) in [6.07, 6.45) is 37.1. The van der Waals surface area contributed by atoms with Crippen LogP contribution in [-0.2, 0) is 6.42 Å². The average Bonchev–Trinajstić information content (AvgIpc) is 3.97. The maximum absolute atomic E-state index is 11.0. The van der Waals surface area contributed by atoms with Gasteiger partial charge in [0.2, 0.25) is 0 Å². The van der Waals surface area contributed by atoms with Crippen molar-refractivity contribution in [1.29, 1.82) is 0 Å². The zero-order chi connectivity index (χ0) is 52.2.